The molecule has 0 aliphatic heterocycles. The monoisotopic (exact) mass is 364 g/mol. The zero-order valence-electron chi connectivity index (χ0n) is 7.52. The standard InChI is InChI=1S/C6H7.3CH2O.Pt/c1-6-4-2-3-5-6;3*1-2;/h2,4H,3H2,1H3;3*1H2;/q-1;;;;. The Balaban J connectivity index is -0.0000000508. The van der Waals surface area contributed by atoms with E-state index in [1.54, 1.807) is 0 Å². The van der Waals surface area contributed by atoms with Crippen LogP contribution in [0.5, 0.6) is 0 Å². The molecule has 13 heavy (non-hydrogen) atoms. The molecular weight excluding hydrogens is 351 g/mol. The minimum atomic E-state index is 0. The van der Waals surface area contributed by atoms with E-state index in [9.17, 15) is 0 Å². The first kappa shape index (κ1) is 22.8. The third kappa shape index (κ3) is 24.7. The van der Waals surface area contributed by atoms with Crippen molar-refractivity contribution in [2.45, 2.75) is 13.3 Å². The molecule has 0 radical (unpaired) electrons. The molecule has 0 saturated heterocycles. The Morgan fingerprint density at radius 3 is 1.62 bits per heavy atom. The summed E-state index contributed by atoms with van der Waals surface area (Å²) in [6.07, 6.45) is 8.33. The van der Waals surface area contributed by atoms with Gasteiger partial charge in [0.2, 0.25) is 0 Å². The van der Waals surface area contributed by atoms with Crippen LogP contribution in [0, 0.1) is 6.08 Å². The maximum absolute atomic E-state index is 8.00. The van der Waals surface area contributed by atoms with E-state index in [-0.39, 0.29) is 21.1 Å². The van der Waals surface area contributed by atoms with Gasteiger partial charge in [-0.25, -0.2) is 11.6 Å². The fraction of sp³-hybridized carbons (Fsp3) is 0.222. The smallest absolute Gasteiger partial charge is 0.106 e. The summed E-state index contributed by atoms with van der Waals surface area (Å²) in [5, 5.41) is 0. The van der Waals surface area contributed by atoms with Gasteiger partial charge in [-0.1, -0.05) is 6.92 Å². The van der Waals surface area contributed by atoms with Crippen LogP contribution in [0.2, 0.25) is 0 Å². The summed E-state index contributed by atoms with van der Waals surface area (Å²) in [5.74, 6) is 0. The molecule has 0 amide bonds. The number of hydrogen-bond donors (Lipinski definition) is 0. The third-order valence-corrected chi connectivity index (χ3v) is 0.867. The van der Waals surface area contributed by atoms with E-state index in [1.165, 1.54) is 5.57 Å². The molecule has 0 atom stereocenters. The molecule has 0 spiro atoms. The van der Waals surface area contributed by atoms with Crippen molar-refractivity contribution in [3.63, 3.8) is 0 Å². The van der Waals surface area contributed by atoms with Gasteiger partial charge in [0.1, 0.15) is 20.4 Å². The normalized spacial score (nSPS) is 9.46. The molecule has 0 saturated carbocycles. The summed E-state index contributed by atoms with van der Waals surface area (Å²) in [6, 6.07) is 0. The molecule has 1 aliphatic rings. The van der Waals surface area contributed by atoms with E-state index in [0.717, 1.165) is 6.42 Å². The van der Waals surface area contributed by atoms with Crippen molar-refractivity contribution in [2.24, 2.45) is 0 Å². The minimum absolute atomic E-state index is 0. The molecule has 0 aromatic carbocycles. The van der Waals surface area contributed by atoms with E-state index in [2.05, 4.69) is 25.2 Å². The van der Waals surface area contributed by atoms with Crippen molar-refractivity contribution in [3.8, 4) is 0 Å². The zero-order chi connectivity index (χ0) is 10.4. The van der Waals surface area contributed by atoms with Gasteiger partial charge < -0.3 is 14.4 Å². The van der Waals surface area contributed by atoms with Crippen LogP contribution in [0.4, 0.5) is 0 Å². The molecule has 0 bridgehead atoms. The third-order valence-electron chi connectivity index (χ3n) is 0.867. The van der Waals surface area contributed by atoms with Gasteiger partial charge in [0, 0.05) is 21.1 Å². The van der Waals surface area contributed by atoms with Crippen LogP contribution in [0.15, 0.2) is 17.7 Å². The number of allylic oxidation sites excluding steroid dienone is 4. The van der Waals surface area contributed by atoms with E-state index < -0.39 is 0 Å². The Bertz CT molecular complexity index is 136. The van der Waals surface area contributed by atoms with Crippen molar-refractivity contribution in [1.29, 1.82) is 0 Å². The second kappa shape index (κ2) is 30.3. The molecule has 0 N–H and O–H groups in total. The van der Waals surface area contributed by atoms with Crippen molar-refractivity contribution in [3.05, 3.63) is 23.8 Å². The van der Waals surface area contributed by atoms with E-state index in [0.29, 0.717) is 0 Å². The zero-order valence-corrected chi connectivity index (χ0v) is 9.80. The van der Waals surface area contributed by atoms with Crippen LogP contribution in [0.25, 0.3) is 0 Å². The molecule has 0 aromatic rings. The topological polar surface area (TPSA) is 51.2 Å². The van der Waals surface area contributed by atoms with Gasteiger partial charge in [-0.3, -0.25) is 6.08 Å². The largest absolute Gasteiger partial charge is 0.307 e. The second-order valence-corrected chi connectivity index (χ2v) is 1.47. The van der Waals surface area contributed by atoms with Crippen LogP contribution in [0.1, 0.15) is 13.3 Å². The summed E-state index contributed by atoms with van der Waals surface area (Å²) >= 11 is 0. The molecule has 0 fully saturated rings. The number of carbonyl (C=O) groups excluding carboxylic acids is 3. The van der Waals surface area contributed by atoms with Crippen LogP contribution < -0.4 is 0 Å². The minimum Gasteiger partial charge on any atom is -0.307 e. The first-order valence-electron chi connectivity index (χ1n) is 3.00. The molecular formula is C9H13O3Pt-. The summed E-state index contributed by atoms with van der Waals surface area (Å²) < 4.78 is 0. The first-order chi connectivity index (χ1) is 5.89. The van der Waals surface area contributed by atoms with Crippen LogP contribution in [0.3, 0.4) is 0 Å². The fourth-order valence-corrected chi connectivity index (χ4v) is 0.515. The predicted octanol–water partition coefficient (Wildman–Crippen LogP) is 1.14. The average molecular weight is 364 g/mol. The molecule has 3 nitrogen and oxygen atoms in total. The maximum atomic E-state index is 8.00. The van der Waals surface area contributed by atoms with Crippen molar-refractivity contribution < 1.29 is 35.4 Å². The van der Waals surface area contributed by atoms with Crippen molar-refractivity contribution >= 4 is 20.4 Å². The molecule has 1 rings (SSSR count). The van der Waals surface area contributed by atoms with E-state index >= 15 is 0 Å². The Morgan fingerprint density at radius 2 is 1.54 bits per heavy atom. The number of rotatable bonds is 0. The summed E-state index contributed by atoms with van der Waals surface area (Å²) in [6.45, 7) is 8.06. The molecule has 0 unspecified atom stereocenters. The molecule has 1 aliphatic carbocycles. The van der Waals surface area contributed by atoms with E-state index in [1.807, 2.05) is 20.4 Å². The van der Waals surface area contributed by atoms with E-state index in [4.69, 9.17) is 14.4 Å². The van der Waals surface area contributed by atoms with Gasteiger partial charge in [-0.2, -0.15) is 6.08 Å². The Labute approximate surface area is 93.2 Å². The van der Waals surface area contributed by atoms with Crippen LogP contribution in [-0.2, 0) is 35.4 Å². The van der Waals surface area contributed by atoms with Gasteiger partial charge in [-0.15, -0.1) is 6.42 Å². The summed E-state index contributed by atoms with van der Waals surface area (Å²) in [5.41, 5.74) is 1.27. The fourth-order valence-electron chi connectivity index (χ4n) is 0.515. The van der Waals surface area contributed by atoms with Gasteiger partial charge in [0.25, 0.3) is 0 Å². The number of hydrogen-bond acceptors (Lipinski definition) is 3. The number of carbonyl (C=O) groups is 3. The first-order valence-corrected chi connectivity index (χ1v) is 3.00. The Kier molecular flexibility index (Phi) is 53.1. The average Bonchev–Trinajstić information content (AvgIpc) is 2.66. The summed E-state index contributed by atoms with van der Waals surface area (Å²) in [4.78, 5) is 24.0. The molecule has 0 aromatic heterocycles. The van der Waals surface area contributed by atoms with Crippen molar-refractivity contribution in [1.82, 2.24) is 0 Å². The molecule has 78 valence electrons. The van der Waals surface area contributed by atoms with Gasteiger partial charge >= 0.3 is 0 Å². The Morgan fingerprint density at radius 1 is 1.15 bits per heavy atom. The van der Waals surface area contributed by atoms with Crippen molar-refractivity contribution in [2.75, 3.05) is 0 Å². The quantitative estimate of drug-likeness (QED) is 0.606. The molecule has 0 heterocycles. The SMILES string of the molecule is C=O.C=O.C=O.CC1=[C-]CC=C1.[Pt]. The molecule has 4 heteroatoms. The predicted molar refractivity (Wildman–Crippen MR) is 47.6 cm³/mol. The van der Waals surface area contributed by atoms with Gasteiger partial charge in [0.05, 0.1) is 0 Å². The van der Waals surface area contributed by atoms with Gasteiger partial charge in [-0.05, 0) is 0 Å². The van der Waals surface area contributed by atoms with Crippen LogP contribution >= 0.6 is 0 Å². The maximum Gasteiger partial charge on any atom is 0.106 e. The second-order valence-electron chi connectivity index (χ2n) is 1.47. The van der Waals surface area contributed by atoms with Crippen LogP contribution in [-0.4, -0.2) is 20.4 Å². The van der Waals surface area contributed by atoms with Gasteiger partial charge in [0.15, 0.2) is 0 Å². The Hall–Kier alpha value is -0.822. The summed E-state index contributed by atoms with van der Waals surface area (Å²) in [7, 11) is 0.